The number of H-pyrrole nitrogens is 1. The number of hydrogen-bond donors (Lipinski definition) is 1. The number of nitrogens with zero attached hydrogens (tertiary/aromatic N) is 1. The molecule has 2 heteroatoms. The van der Waals surface area contributed by atoms with Crippen LogP contribution in [0.2, 0.25) is 0 Å². The number of nitrogens with one attached hydrogen (secondary N) is 1. The molecule has 7 atom stereocenters. The van der Waals surface area contributed by atoms with Gasteiger partial charge in [-0.1, -0.05) is 20.3 Å². The van der Waals surface area contributed by atoms with E-state index < -0.39 is 0 Å². The monoisotopic (exact) mass is 326 g/mol. The highest BCUT2D eigenvalue weighted by Crippen LogP contribution is 2.67. The van der Waals surface area contributed by atoms with Crippen LogP contribution in [0.3, 0.4) is 0 Å². The molecule has 4 fully saturated rings. The molecule has 0 spiro atoms. The first-order valence-electron chi connectivity index (χ1n) is 10.6. The van der Waals surface area contributed by atoms with Crippen LogP contribution in [0.15, 0.2) is 12.5 Å². The fraction of sp³-hybridized carbons (Fsp3) is 0.864. The Balaban J connectivity index is 1.44. The molecular weight excluding hydrogens is 292 g/mol. The third kappa shape index (κ3) is 2.10. The molecule has 0 aromatic carbocycles. The zero-order valence-electron chi connectivity index (χ0n) is 15.6. The molecule has 0 radical (unpaired) electrons. The Morgan fingerprint density at radius 2 is 1.88 bits per heavy atom. The summed E-state index contributed by atoms with van der Waals surface area (Å²) in [6, 6.07) is 0. The molecule has 4 saturated carbocycles. The van der Waals surface area contributed by atoms with Gasteiger partial charge in [0.25, 0.3) is 0 Å². The summed E-state index contributed by atoms with van der Waals surface area (Å²) in [7, 11) is 0. The Labute approximate surface area is 147 Å². The summed E-state index contributed by atoms with van der Waals surface area (Å²) >= 11 is 0. The van der Waals surface area contributed by atoms with E-state index in [0.29, 0.717) is 16.7 Å². The number of imidazole rings is 1. The van der Waals surface area contributed by atoms with Gasteiger partial charge in [0.05, 0.1) is 12.0 Å². The van der Waals surface area contributed by atoms with Crippen LogP contribution < -0.4 is 0 Å². The number of aromatic nitrogens is 2. The van der Waals surface area contributed by atoms with E-state index >= 15 is 0 Å². The van der Waals surface area contributed by atoms with Crippen molar-refractivity contribution in [1.29, 1.82) is 0 Å². The molecule has 1 aromatic rings. The largest absolute Gasteiger partial charge is 0.351 e. The molecule has 1 N–H and O–H groups in total. The number of rotatable bonds is 1. The Kier molecular flexibility index (Phi) is 3.45. The van der Waals surface area contributed by atoms with E-state index in [2.05, 4.69) is 30.0 Å². The van der Waals surface area contributed by atoms with Gasteiger partial charge in [-0.2, -0.15) is 0 Å². The van der Waals surface area contributed by atoms with Crippen molar-refractivity contribution in [2.24, 2.45) is 34.5 Å². The van der Waals surface area contributed by atoms with Gasteiger partial charge in [-0.25, -0.2) is 4.98 Å². The van der Waals surface area contributed by atoms with Crippen molar-refractivity contribution in [2.45, 2.75) is 84.0 Å². The summed E-state index contributed by atoms with van der Waals surface area (Å²) in [6.07, 6.45) is 18.8. The van der Waals surface area contributed by atoms with Gasteiger partial charge in [0, 0.05) is 12.1 Å². The molecule has 0 bridgehead atoms. The van der Waals surface area contributed by atoms with E-state index in [4.69, 9.17) is 0 Å². The van der Waals surface area contributed by atoms with Crippen molar-refractivity contribution in [3.05, 3.63) is 18.2 Å². The molecule has 4 aliphatic rings. The maximum Gasteiger partial charge on any atom is 0.0923 e. The average Bonchev–Trinajstić information content (AvgIpc) is 3.22. The summed E-state index contributed by atoms with van der Waals surface area (Å²) in [5.74, 6) is 4.76. The highest BCUT2D eigenvalue weighted by atomic mass is 14.9. The van der Waals surface area contributed by atoms with Crippen LogP contribution in [0.4, 0.5) is 0 Å². The van der Waals surface area contributed by atoms with Crippen molar-refractivity contribution in [3.63, 3.8) is 0 Å². The molecular formula is C22H34N2. The maximum atomic E-state index is 4.62. The van der Waals surface area contributed by atoms with E-state index in [1.54, 1.807) is 0 Å². The smallest absolute Gasteiger partial charge is 0.0923 e. The van der Waals surface area contributed by atoms with Crippen LogP contribution >= 0.6 is 0 Å². The Morgan fingerprint density at radius 1 is 1.00 bits per heavy atom. The van der Waals surface area contributed by atoms with E-state index in [9.17, 15) is 0 Å². The number of hydrogen-bond acceptors (Lipinski definition) is 1. The second kappa shape index (κ2) is 5.35. The Bertz CT molecular complexity index is 593. The quantitative estimate of drug-likeness (QED) is 0.681. The first-order valence-corrected chi connectivity index (χ1v) is 10.6. The van der Waals surface area contributed by atoms with Crippen LogP contribution in [-0.2, 0) is 0 Å². The summed E-state index contributed by atoms with van der Waals surface area (Å²) in [6.45, 7) is 5.31. The predicted octanol–water partition coefficient (Wildman–Crippen LogP) is 5.93. The first kappa shape index (κ1) is 15.5. The average molecular weight is 327 g/mol. The molecule has 0 amide bonds. The van der Waals surface area contributed by atoms with Gasteiger partial charge in [-0.3, -0.25) is 0 Å². The minimum absolute atomic E-state index is 0.578. The van der Waals surface area contributed by atoms with Crippen LogP contribution in [-0.4, -0.2) is 9.97 Å². The lowest BCUT2D eigenvalue weighted by molar-refractivity contribution is -0.107. The molecule has 1 heterocycles. The van der Waals surface area contributed by atoms with Gasteiger partial charge < -0.3 is 4.98 Å². The van der Waals surface area contributed by atoms with E-state index in [1.807, 2.05) is 6.33 Å². The lowest BCUT2D eigenvalue weighted by atomic mass is 9.44. The molecule has 2 unspecified atom stereocenters. The Morgan fingerprint density at radius 3 is 2.71 bits per heavy atom. The summed E-state index contributed by atoms with van der Waals surface area (Å²) < 4.78 is 0. The van der Waals surface area contributed by atoms with E-state index in [1.165, 1.54) is 69.9 Å². The van der Waals surface area contributed by atoms with Gasteiger partial charge in [-0.05, 0) is 92.3 Å². The highest BCUT2D eigenvalue weighted by Gasteiger charge is 2.58. The van der Waals surface area contributed by atoms with Gasteiger partial charge in [0.2, 0.25) is 0 Å². The number of aromatic amines is 1. The third-order valence-corrected chi connectivity index (χ3v) is 9.33. The van der Waals surface area contributed by atoms with Crippen molar-refractivity contribution >= 4 is 0 Å². The molecule has 5 rings (SSSR count). The molecule has 132 valence electrons. The molecule has 2 nitrogen and oxygen atoms in total. The highest BCUT2D eigenvalue weighted by molar-refractivity contribution is 5.13. The van der Waals surface area contributed by atoms with E-state index in [0.717, 1.165) is 23.7 Å². The lowest BCUT2D eigenvalue weighted by Gasteiger charge is -2.60. The van der Waals surface area contributed by atoms with Crippen LogP contribution in [0.25, 0.3) is 0 Å². The van der Waals surface area contributed by atoms with Crippen LogP contribution in [0, 0.1) is 34.5 Å². The molecule has 4 aliphatic carbocycles. The molecule has 0 saturated heterocycles. The summed E-state index contributed by atoms with van der Waals surface area (Å²) in [4.78, 5) is 7.81. The van der Waals surface area contributed by atoms with Crippen molar-refractivity contribution in [1.82, 2.24) is 9.97 Å². The van der Waals surface area contributed by atoms with Gasteiger partial charge in [-0.15, -0.1) is 0 Å². The van der Waals surface area contributed by atoms with Gasteiger partial charge >= 0.3 is 0 Å². The standard InChI is InChI=1S/C22H34N2/c1-21-10-3-4-18(21)17-8-7-16-6-5-15(20-13-23-14-24-20)12-22(16,2)19(17)9-11-21/h13-19H,3-12H2,1-2H3,(H,23,24)/t15?,16?,17-,18-,19-,21-,22-/m0/s1. The normalized spacial score (nSPS) is 50.8. The third-order valence-electron chi connectivity index (χ3n) is 9.33. The second-order valence-electron chi connectivity index (χ2n) is 10.2. The molecule has 0 aliphatic heterocycles. The summed E-state index contributed by atoms with van der Waals surface area (Å²) in [5.41, 5.74) is 2.60. The SMILES string of the molecule is C[C@@]12CCC[C@H]1[C@@H]1CCC3CCC(c4c[nH]cn4)C[C@]3(C)[C@H]1CC2. The van der Waals surface area contributed by atoms with Crippen molar-refractivity contribution in [2.75, 3.05) is 0 Å². The fourth-order valence-electron chi connectivity index (χ4n) is 8.10. The van der Waals surface area contributed by atoms with Crippen LogP contribution in [0.1, 0.15) is 89.7 Å². The predicted molar refractivity (Wildman–Crippen MR) is 97.7 cm³/mol. The van der Waals surface area contributed by atoms with Crippen LogP contribution in [0.5, 0.6) is 0 Å². The second-order valence-corrected chi connectivity index (χ2v) is 10.2. The Hall–Kier alpha value is -0.790. The maximum absolute atomic E-state index is 4.62. The van der Waals surface area contributed by atoms with Gasteiger partial charge in [0.15, 0.2) is 0 Å². The molecule has 24 heavy (non-hydrogen) atoms. The van der Waals surface area contributed by atoms with Crippen molar-refractivity contribution in [3.8, 4) is 0 Å². The zero-order chi connectivity index (χ0) is 16.4. The molecule has 1 aromatic heterocycles. The van der Waals surface area contributed by atoms with E-state index in [-0.39, 0.29) is 0 Å². The zero-order valence-corrected chi connectivity index (χ0v) is 15.6. The van der Waals surface area contributed by atoms with Crippen molar-refractivity contribution < 1.29 is 0 Å². The lowest BCUT2D eigenvalue weighted by Crippen LogP contribution is -2.52. The first-order chi connectivity index (χ1) is 11.6. The summed E-state index contributed by atoms with van der Waals surface area (Å²) in [5, 5.41) is 0. The minimum Gasteiger partial charge on any atom is -0.351 e. The fourth-order valence-corrected chi connectivity index (χ4v) is 8.10. The number of fused-ring (bicyclic) bond motifs is 5. The van der Waals surface area contributed by atoms with Gasteiger partial charge in [0.1, 0.15) is 0 Å². The minimum atomic E-state index is 0.578. The topological polar surface area (TPSA) is 28.7 Å².